The van der Waals surface area contributed by atoms with E-state index in [1.807, 2.05) is 0 Å². The first-order chi connectivity index (χ1) is 11.0. The second kappa shape index (κ2) is 7.03. The van der Waals surface area contributed by atoms with Crippen molar-refractivity contribution in [3.63, 3.8) is 0 Å². The van der Waals surface area contributed by atoms with Gasteiger partial charge in [0.25, 0.3) is 0 Å². The summed E-state index contributed by atoms with van der Waals surface area (Å²) in [6.07, 6.45) is 0.108. The molecule has 0 atom stereocenters. The molecule has 2 heterocycles. The molecule has 2 aromatic heterocycles. The molecule has 0 fully saturated rings. The lowest BCUT2D eigenvalue weighted by atomic mass is 10.2. The van der Waals surface area contributed by atoms with Crippen LogP contribution in [-0.2, 0) is 12.8 Å². The van der Waals surface area contributed by atoms with Crippen molar-refractivity contribution in [1.29, 1.82) is 0 Å². The van der Waals surface area contributed by atoms with E-state index in [9.17, 15) is 13.2 Å². The van der Waals surface area contributed by atoms with Crippen LogP contribution in [0.1, 0.15) is 12.6 Å². The largest absolute Gasteiger partial charge is 0.433 e. The molecule has 9 heteroatoms. The van der Waals surface area contributed by atoms with Crippen LogP contribution in [0.4, 0.5) is 13.2 Å². The molecule has 2 aromatic rings. The van der Waals surface area contributed by atoms with E-state index in [0.29, 0.717) is 11.4 Å². The van der Waals surface area contributed by atoms with Gasteiger partial charge in [-0.1, -0.05) is 0 Å². The van der Waals surface area contributed by atoms with Crippen molar-refractivity contribution in [3.05, 3.63) is 48.2 Å². The third-order valence-electron chi connectivity index (χ3n) is 2.93. The van der Waals surface area contributed by atoms with Crippen molar-refractivity contribution >= 4 is 0 Å². The minimum atomic E-state index is -4.53. The van der Waals surface area contributed by atoms with E-state index >= 15 is 0 Å². The van der Waals surface area contributed by atoms with Gasteiger partial charge in [0.15, 0.2) is 6.67 Å². The predicted octanol–water partition coefficient (Wildman–Crippen LogP) is 3.45. The fourth-order valence-electron chi connectivity index (χ4n) is 1.83. The van der Waals surface area contributed by atoms with Gasteiger partial charge in [-0.15, -0.1) is 5.11 Å². The number of azo groups is 1. The maximum atomic E-state index is 13.1. The second-order valence-electron chi connectivity index (χ2n) is 4.46. The molecule has 0 aliphatic rings. The fraction of sp³-hybridized carbons (Fsp3) is 0.286. The van der Waals surface area contributed by atoms with Gasteiger partial charge >= 0.3 is 6.18 Å². The van der Waals surface area contributed by atoms with Gasteiger partial charge in [0, 0.05) is 25.0 Å². The Balaban J connectivity index is 2.32. The first-order valence-electron chi connectivity index (χ1n) is 6.72. The summed E-state index contributed by atoms with van der Waals surface area (Å²) in [5.74, 6) is 0.457. The van der Waals surface area contributed by atoms with Crippen LogP contribution in [0, 0.1) is 0 Å². The summed E-state index contributed by atoms with van der Waals surface area (Å²) in [5.41, 5.74) is -0.208. The van der Waals surface area contributed by atoms with Gasteiger partial charge in [-0.05, 0) is 31.2 Å². The number of hydrogen-bond acceptors (Lipinski definition) is 5. The maximum absolute atomic E-state index is 13.1. The molecular weight excluding hydrogens is 309 g/mol. The SMILES string of the molecule is C/C=C(\N=N/Cn1nc(-c2cccnc2)cc1C(F)(F)F)NC. The van der Waals surface area contributed by atoms with Crippen LogP contribution in [0.25, 0.3) is 11.3 Å². The number of hydrogen-bond donors (Lipinski definition) is 1. The van der Waals surface area contributed by atoms with Crippen molar-refractivity contribution < 1.29 is 13.2 Å². The zero-order valence-corrected chi connectivity index (χ0v) is 12.5. The zero-order chi connectivity index (χ0) is 16.9. The molecule has 0 saturated carbocycles. The lowest BCUT2D eigenvalue weighted by Crippen LogP contribution is -2.14. The molecule has 0 bridgehead atoms. The topological polar surface area (TPSA) is 67.5 Å². The molecule has 0 aromatic carbocycles. The average Bonchev–Trinajstić information content (AvgIpc) is 2.97. The van der Waals surface area contributed by atoms with Crippen LogP contribution in [0.2, 0.25) is 0 Å². The molecule has 0 spiro atoms. The second-order valence-corrected chi connectivity index (χ2v) is 4.46. The van der Waals surface area contributed by atoms with E-state index in [0.717, 1.165) is 10.7 Å². The van der Waals surface area contributed by atoms with Gasteiger partial charge in [-0.3, -0.25) is 4.98 Å². The van der Waals surface area contributed by atoms with Gasteiger partial charge in [0.05, 0.1) is 5.69 Å². The number of alkyl halides is 3. The Hall–Kier alpha value is -2.71. The number of pyridine rings is 1. The fourth-order valence-corrected chi connectivity index (χ4v) is 1.83. The normalized spacial score (nSPS) is 12.8. The Bertz CT molecular complexity index is 703. The number of halogens is 3. The molecule has 0 saturated heterocycles. The Morgan fingerprint density at radius 1 is 1.43 bits per heavy atom. The smallest absolute Gasteiger partial charge is 0.372 e. The highest BCUT2D eigenvalue weighted by Crippen LogP contribution is 2.32. The van der Waals surface area contributed by atoms with Gasteiger partial charge in [-0.2, -0.15) is 23.4 Å². The van der Waals surface area contributed by atoms with Crippen molar-refractivity contribution in [2.24, 2.45) is 10.2 Å². The molecule has 2 rings (SSSR count). The molecular formula is C14H15F3N6. The molecule has 0 aliphatic carbocycles. The van der Waals surface area contributed by atoms with Gasteiger partial charge in [0.2, 0.25) is 0 Å². The van der Waals surface area contributed by atoms with Crippen LogP contribution in [-0.4, -0.2) is 21.8 Å². The quantitative estimate of drug-likeness (QED) is 0.857. The molecule has 6 nitrogen and oxygen atoms in total. The van der Waals surface area contributed by atoms with Gasteiger partial charge < -0.3 is 5.32 Å². The first-order valence-corrected chi connectivity index (χ1v) is 6.72. The highest BCUT2D eigenvalue weighted by molar-refractivity contribution is 5.58. The summed E-state index contributed by atoms with van der Waals surface area (Å²) in [7, 11) is 1.64. The molecule has 0 radical (unpaired) electrons. The van der Waals surface area contributed by atoms with E-state index in [4.69, 9.17) is 0 Å². The monoisotopic (exact) mass is 324 g/mol. The van der Waals surface area contributed by atoms with E-state index < -0.39 is 11.9 Å². The summed E-state index contributed by atoms with van der Waals surface area (Å²) >= 11 is 0. The van der Waals surface area contributed by atoms with Crippen LogP contribution in [0.15, 0.2) is 52.7 Å². The van der Waals surface area contributed by atoms with Crippen molar-refractivity contribution in [3.8, 4) is 11.3 Å². The summed E-state index contributed by atoms with van der Waals surface area (Å²) in [4.78, 5) is 3.88. The molecule has 0 unspecified atom stereocenters. The summed E-state index contributed by atoms with van der Waals surface area (Å²) in [6, 6.07) is 4.24. The van der Waals surface area contributed by atoms with Crippen LogP contribution < -0.4 is 5.32 Å². The summed E-state index contributed by atoms with van der Waals surface area (Å²) in [5, 5.41) is 14.3. The Morgan fingerprint density at radius 2 is 2.22 bits per heavy atom. The number of allylic oxidation sites excluding steroid dienone is 1. The van der Waals surface area contributed by atoms with E-state index in [1.54, 1.807) is 32.2 Å². The maximum Gasteiger partial charge on any atom is 0.433 e. The molecule has 23 heavy (non-hydrogen) atoms. The molecule has 0 amide bonds. The minimum Gasteiger partial charge on any atom is -0.372 e. The Labute approximate surface area is 130 Å². The predicted molar refractivity (Wildman–Crippen MR) is 78.1 cm³/mol. The third-order valence-corrected chi connectivity index (χ3v) is 2.93. The minimum absolute atomic E-state index is 0.181. The van der Waals surface area contributed by atoms with Crippen LogP contribution in [0.5, 0.6) is 0 Å². The van der Waals surface area contributed by atoms with Crippen LogP contribution in [0.3, 0.4) is 0 Å². The van der Waals surface area contributed by atoms with Crippen molar-refractivity contribution in [2.75, 3.05) is 7.05 Å². The van der Waals surface area contributed by atoms with Crippen molar-refractivity contribution in [1.82, 2.24) is 20.1 Å². The van der Waals surface area contributed by atoms with Gasteiger partial charge in [-0.25, -0.2) is 4.68 Å². The highest BCUT2D eigenvalue weighted by atomic mass is 19.4. The zero-order valence-electron chi connectivity index (χ0n) is 12.5. The van der Waals surface area contributed by atoms with Crippen LogP contribution >= 0.6 is 0 Å². The number of rotatable bonds is 5. The lowest BCUT2D eigenvalue weighted by Gasteiger charge is -2.07. The Morgan fingerprint density at radius 3 is 2.78 bits per heavy atom. The van der Waals surface area contributed by atoms with E-state index in [2.05, 4.69) is 25.6 Å². The first kappa shape index (κ1) is 16.7. The van der Waals surface area contributed by atoms with E-state index in [-0.39, 0.29) is 12.4 Å². The molecule has 0 aliphatic heterocycles. The number of aromatic nitrogens is 3. The average molecular weight is 324 g/mol. The van der Waals surface area contributed by atoms with Gasteiger partial charge in [0.1, 0.15) is 11.5 Å². The summed E-state index contributed by atoms with van der Waals surface area (Å²) < 4.78 is 40.1. The third kappa shape index (κ3) is 4.15. The number of nitrogens with one attached hydrogen (secondary N) is 1. The van der Waals surface area contributed by atoms with Crippen molar-refractivity contribution in [2.45, 2.75) is 19.8 Å². The highest BCUT2D eigenvalue weighted by Gasteiger charge is 2.36. The lowest BCUT2D eigenvalue weighted by molar-refractivity contribution is -0.144. The van der Waals surface area contributed by atoms with E-state index in [1.165, 1.54) is 12.4 Å². The number of nitrogens with zero attached hydrogens (tertiary/aromatic N) is 5. The molecule has 1 N–H and O–H groups in total. The summed E-state index contributed by atoms with van der Waals surface area (Å²) in [6.45, 7) is 1.40. The Kier molecular flexibility index (Phi) is 5.09. The molecule has 122 valence electrons. The standard InChI is InChI=1S/C14H15F3N6/c1-3-13(18-2)21-20-9-23-12(14(15,16)17)7-11(22-23)10-5-4-6-19-8-10/h3-8,18H,9H2,1-2H3/b13-3-,21-20-.